The van der Waals surface area contributed by atoms with Crippen molar-refractivity contribution in [2.24, 2.45) is 5.92 Å². The molecular weight excluding hydrogens is 260 g/mol. The Balaban J connectivity index is 2.03. The van der Waals surface area contributed by atoms with E-state index in [1.165, 1.54) is 6.33 Å². The number of H-pyrrole nitrogens is 1. The first-order valence-electron chi connectivity index (χ1n) is 6.56. The summed E-state index contributed by atoms with van der Waals surface area (Å²) in [4.78, 5) is 21.8. The third-order valence-corrected chi connectivity index (χ3v) is 2.71. The summed E-state index contributed by atoms with van der Waals surface area (Å²) in [6.07, 6.45) is 2.03. The smallest absolute Gasteiger partial charge is 0.291 e. The van der Waals surface area contributed by atoms with Gasteiger partial charge >= 0.3 is 0 Å². The Hall–Kier alpha value is -2.25. The highest BCUT2D eigenvalue weighted by Crippen LogP contribution is 2.08. The number of amides is 1. The molecular formula is C12H18N6O2. The number of hydrogen-bond acceptors (Lipinski definition) is 6. The monoisotopic (exact) mass is 278 g/mol. The topological polar surface area (TPSA) is 101 Å². The van der Waals surface area contributed by atoms with Crippen molar-refractivity contribution >= 4 is 5.91 Å². The van der Waals surface area contributed by atoms with E-state index in [-0.39, 0.29) is 18.3 Å². The van der Waals surface area contributed by atoms with Crippen LogP contribution < -0.4 is 0 Å². The molecule has 8 heteroatoms. The van der Waals surface area contributed by atoms with Gasteiger partial charge in [0.1, 0.15) is 6.33 Å². The van der Waals surface area contributed by atoms with Crippen LogP contribution in [0.25, 0.3) is 0 Å². The normalized spacial score (nSPS) is 11.0. The minimum atomic E-state index is -0.236. The molecule has 2 aromatic rings. The van der Waals surface area contributed by atoms with E-state index in [2.05, 4.69) is 39.2 Å². The molecule has 20 heavy (non-hydrogen) atoms. The Morgan fingerprint density at radius 1 is 1.50 bits per heavy atom. The molecule has 1 N–H and O–H groups in total. The van der Waals surface area contributed by atoms with Gasteiger partial charge in [0, 0.05) is 13.0 Å². The second kappa shape index (κ2) is 6.27. The molecule has 0 aliphatic carbocycles. The molecule has 0 aliphatic heterocycles. The van der Waals surface area contributed by atoms with E-state index >= 15 is 0 Å². The number of nitrogens with zero attached hydrogens (tertiary/aromatic N) is 5. The van der Waals surface area contributed by atoms with Crippen molar-refractivity contribution in [1.29, 1.82) is 0 Å². The Labute approximate surface area is 116 Å². The predicted molar refractivity (Wildman–Crippen MR) is 69.6 cm³/mol. The minimum absolute atomic E-state index is 0.206. The van der Waals surface area contributed by atoms with Crippen molar-refractivity contribution in [3.8, 4) is 0 Å². The zero-order valence-corrected chi connectivity index (χ0v) is 11.8. The largest absolute Gasteiger partial charge is 0.339 e. The summed E-state index contributed by atoms with van der Waals surface area (Å²) >= 11 is 0. The Kier molecular flexibility index (Phi) is 4.44. The summed E-state index contributed by atoms with van der Waals surface area (Å²) in [6, 6.07) is 0. The molecule has 0 bridgehead atoms. The van der Waals surface area contributed by atoms with Gasteiger partial charge in [-0.1, -0.05) is 19.0 Å². The van der Waals surface area contributed by atoms with Gasteiger partial charge in [-0.25, -0.2) is 4.98 Å². The number of nitrogens with one attached hydrogen (secondary N) is 1. The van der Waals surface area contributed by atoms with Crippen molar-refractivity contribution in [3.05, 3.63) is 23.9 Å². The van der Waals surface area contributed by atoms with Gasteiger partial charge < -0.3 is 9.42 Å². The van der Waals surface area contributed by atoms with Crippen molar-refractivity contribution in [2.45, 2.75) is 33.7 Å². The lowest BCUT2D eigenvalue weighted by Crippen LogP contribution is -2.31. The van der Waals surface area contributed by atoms with Gasteiger partial charge in [0.25, 0.3) is 5.91 Å². The highest BCUT2D eigenvalue weighted by molar-refractivity contribution is 5.90. The number of hydrogen-bond donors (Lipinski definition) is 1. The van der Waals surface area contributed by atoms with Gasteiger partial charge in [0.15, 0.2) is 5.82 Å². The van der Waals surface area contributed by atoms with E-state index in [9.17, 15) is 4.79 Å². The van der Waals surface area contributed by atoms with E-state index in [0.29, 0.717) is 24.2 Å². The summed E-state index contributed by atoms with van der Waals surface area (Å²) in [6.45, 7) is 6.85. The third kappa shape index (κ3) is 3.40. The number of carbonyl (C=O) groups excluding carboxylic acids is 1. The lowest BCUT2D eigenvalue weighted by atomic mass is 10.1. The maximum absolute atomic E-state index is 12.1. The molecule has 0 fully saturated rings. The summed E-state index contributed by atoms with van der Waals surface area (Å²) in [7, 11) is 0. The number of aromatic amines is 1. The average molecular weight is 278 g/mol. The van der Waals surface area contributed by atoms with Crippen LogP contribution in [0.1, 0.15) is 43.1 Å². The molecule has 0 aromatic carbocycles. The van der Waals surface area contributed by atoms with Crippen molar-refractivity contribution < 1.29 is 9.32 Å². The Morgan fingerprint density at radius 2 is 2.30 bits per heavy atom. The summed E-state index contributed by atoms with van der Waals surface area (Å²) in [5, 5.41) is 10.1. The minimum Gasteiger partial charge on any atom is -0.339 e. The molecule has 2 rings (SSSR count). The quantitative estimate of drug-likeness (QED) is 0.847. The fourth-order valence-corrected chi connectivity index (χ4v) is 1.74. The highest BCUT2D eigenvalue weighted by atomic mass is 16.5. The van der Waals surface area contributed by atoms with Gasteiger partial charge in [-0.05, 0) is 12.8 Å². The van der Waals surface area contributed by atoms with Crippen LogP contribution in [0.4, 0.5) is 0 Å². The molecule has 0 saturated heterocycles. The van der Waals surface area contributed by atoms with Gasteiger partial charge in [0.05, 0.1) is 6.54 Å². The summed E-state index contributed by atoms with van der Waals surface area (Å²) < 4.78 is 5.16. The first kappa shape index (κ1) is 14.2. The fourth-order valence-electron chi connectivity index (χ4n) is 1.74. The molecule has 0 unspecified atom stereocenters. The van der Waals surface area contributed by atoms with Crippen LogP contribution in [0, 0.1) is 5.92 Å². The van der Waals surface area contributed by atoms with Crippen LogP contribution in [0.15, 0.2) is 10.9 Å². The Bertz CT molecular complexity index is 548. The second-order valence-corrected chi connectivity index (χ2v) is 4.86. The lowest BCUT2D eigenvalue weighted by Gasteiger charge is -2.16. The average Bonchev–Trinajstić information content (AvgIpc) is 3.05. The molecule has 0 spiro atoms. The number of rotatable bonds is 6. The molecule has 0 aliphatic rings. The van der Waals surface area contributed by atoms with Crippen LogP contribution in [0.2, 0.25) is 0 Å². The third-order valence-electron chi connectivity index (χ3n) is 2.71. The van der Waals surface area contributed by atoms with Crippen LogP contribution in [0.5, 0.6) is 0 Å². The van der Waals surface area contributed by atoms with E-state index < -0.39 is 0 Å². The molecule has 2 heterocycles. The number of carbonyl (C=O) groups is 1. The SMILES string of the molecule is CCN(Cc1noc(CC(C)C)n1)C(=O)c1ncn[nH]1. The van der Waals surface area contributed by atoms with Gasteiger partial charge in [-0.15, -0.1) is 0 Å². The lowest BCUT2D eigenvalue weighted by molar-refractivity contribution is 0.0735. The molecule has 1 amide bonds. The number of aromatic nitrogens is 5. The van der Waals surface area contributed by atoms with E-state index in [0.717, 1.165) is 6.42 Å². The molecule has 2 aromatic heterocycles. The van der Waals surface area contributed by atoms with E-state index in [4.69, 9.17) is 4.52 Å². The van der Waals surface area contributed by atoms with Crippen LogP contribution >= 0.6 is 0 Å². The van der Waals surface area contributed by atoms with Crippen molar-refractivity contribution in [3.63, 3.8) is 0 Å². The van der Waals surface area contributed by atoms with Crippen molar-refractivity contribution in [2.75, 3.05) is 6.54 Å². The first-order chi connectivity index (χ1) is 9.60. The zero-order chi connectivity index (χ0) is 14.5. The maximum Gasteiger partial charge on any atom is 0.291 e. The van der Waals surface area contributed by atoms with E-state index in [1.807, 2.05) is 6.92 Å². The van der Waals surface area contributed by atoms with Crippen LogP contribution in [-0.4, -0.2) is 42.7 Å². The van der Waals surface area contributed by atoms with E-state index in [1.54, 1.807) is 4.90 Å². The highest BCUT2D eigenvalue weighted by Gasteiger charge is 2.19. The molecule has 0 saturated carbocycles. The summed E-state index contributed by atoms with van der Waals surface area (Å²) in [5.74, 6) is 1.51. The maximum atomic E-state index is 12.1. The standard InChI is InChI=1S/C12H18N6O2/c1-4-18(12(19)11-13-7-14-16-11)6-9-15-10(20-17-9)5-8(2)3/h7-8H,4-6H2,1-3H3,(H,13,14,16). The summed E-state index contributed by atoms with van der Waals surface area (Å²) in [5.41, 5.74) is 0. The molecule has 108 valence electrons. The second-order valence-electron chi connectivity index (χ2n) is 4.86. The van der Waals surface area contributed by atoms with Gasteiger partial charge in [-0.3, -0.25) is 9.89 Å². The van der Waals surface area contributed by atoms with Crippen LogP contribution in [-0.2, 0) is 13.0 Å². The predicted octanol–water partition coefficient (Wildman–Crippen LogP) is 1.05. The Morgan fingerprint density at radius 3 is 2.90 bits per heavy atom. The zero-order valence-electron chi connectivity index (χ0n) is 11.8. The van der Waals surface area contributed by atoms with Gasteiger partial charge in [-0.2, -0.15) is 10.1 Å². The molecule has 8 nitrogen and oxygen atoms in total. The van der Waals surface area contributed by atoms with Crippen molar-refractivity contribution in [1.82, 2.24) is 30.2 Å². The first-order valence-corrected chi connectivity index (χ1v) is 6.56. The molecule has 0 radical (unpaired) electrons. The fraction of sp³-hybridized carbons (Fsp3) is 0.583. The van der Waals surface area contributed by atoms with Gasteiger partial charge in [0.2, 0.25) is 11.7 Å². The van der Waals surface area contributed by atoms with Crippen LogP contribution in [0.3, 0.4) is 0 Å². The molecule has 0 atom stereocenters.